The van der Waals surface area contributed by atoms with Gasteiger partial charge in [-0.1, -0.05) is 48.2 Å². The number of benzene rings is 2. The SMILES string of the molecule is O=C(Oc1ccc2c(Cc3ccc(Cl)cc3)noc2c1)C1CCCCC1. The summed E-state index contributed by atoms with van der Waals surface area (Å²) in [7, 11) is 0. The Balaban J connectivity index is 1.49. The van der Waals surface area contributed by atoms with E-state index in [9.17, 15) is 4.79 Å². The summed E-state index contributed by atoms with van der Waals surface area (Å²) < 4.78 is 11.0. The van der Waals surface area contributed by atoms with Crippen LogP contribution in [0.1, 0.15) is 43.4 Å². The number of esters is 1. The predicted molar refractivity (Wildman–Crippen MR) is 100 cm³/mol. The third-order valence-corrected chi connectivity index (χ3v) is 5.21. The summed E-state index contributed by atoms with van der Waals surface area (Å²) in [5.74, 6) is 0.404. The molecule has 5 heteroatoms. The third kappa shape index (κ3) is 3.75. The molecule has 1 fully saturated rings. The number of hydrogen-bond donors (Lipinski definition) is 0. The summed E-state index contributed by atoms with van der Waals surface area (Å²) in [5, 5.41) is 5.81. The molecule has 0 atom stereocenters. The highest BCUT2D eigenvalue weighted by atomic mass is 35.5. The molecule has 134 valence electrons. The Kier molecular flexibility index (Phi) is 4.93. The Hall–Kier alpha value is -2.33. The molecule has 0 bridgehead atoms. The van der Waals surface area contributed by atoms with Gasteiger partial charge in [0.2, 0.25) is 0 Å². The van der Waals surface area contributed by atoms with E-state index in [1.165, 1.54) is 6.42 Å². The van der Waals surface area contributed by atoms with Crippen molar-refractivity contribution in [3.8, 4) is 5.75 Å². The van der Waals surface area contributed by atoms with Gasteiger partial charge in [0.15, 0.2) is 5.58 Å². The van der Waals surface area contributed by atoms with Crippen LogP contribution in [0, 0.1) is 5.92 Å². The van der Waals surface area contributed by atoms with Crippen molar-refractivity contribution in [1.29, 1.82) is 0 Å². The zero-order valence-corrected chi connectivity index (χ0v) is 15.2. The van der Waals surface area contributed by atoms with Gasteiger partial charge >= 0.3 is 5.97 Å². The van der Waals surface area contributed by atoms with Crippen LogP contribution in [0.4, 0.5) is 0 Å². The van der Waals surface area contributed by atoms with Gasteiger partial charge in [-0.15, -0.1) is 0 Å². The van der Waals surface area contributed by atoms with E-state index in [0.717, 1.165) is 42.3 Å². The quantitative estimate of drug-likeness (QED) is 0.446. The van der Waals surface area contributed by atoms with Gasteiger partial charge in [-0.05, 0) is 42.7 Å². The monoisotopic (exact) mass is 369 g/mol. The Morgan fingerprint density at radius 2 is 1.88 bits per heavy atom. The fourth-order valence-corrected chi connectivity index (χ4v) is 3.62. The summed E-state index contributed by atoms with van der Waals surface area (Å²) >= 11 is 5.93. The molecule has 0 saturated heterocycles. The zero-order chi connectivity index (χ0) is 17.9. The average Bonchev–Trinajstić information content (AvgIpc) is 3.06. The van der Waals surface area contributed by atoms with Gasteiger partial charge < -0.3 is 9.26 Å². The van der Waals surface area contributed by atoms with Crippen LogP contribution in [0.2, 0.25) is 5.02 Å². The first-order valence-corrected chi connectivity index (χ1v) is 9.41. The Labute approximate surface area is 157 Å². The summed E-state index contributed by atoms with van der Waals surface area (Å²) in [6.07, 6.45) is 5.93. The highest BCUT2D eigenvalue weighted by molar-refractivity contribution is 6.30. The smallest absolute Gasteiger partial charge is 0.314 e. The zero-order valence-electron chi connectivity index (χ0n) is 14.4. The van der Waals surface area contributed by atoms with E-state index in [4.69, 9.17) is 20.9 Å². The van der Waals surface area contributed by atoms with Crippen LogP contribution in [0.5, 0.6) is 5.75 Å². The van der Waals surface area contributed by atoms with Gasteiger partial charge in [-0.3, -0.25) is 4.79 Å². The predicted octanol–water partition coefficient (Wildman–Crippen LogP) is 5.56. The van der Waals surface area contributed by atoms with Crippen LogP contribution >= 0.6 is 11.6 Å². The number of hydrogen-bond acceptors (Lipinski definition) is 4. The number of fused-ring (bicyclic) bond motifs is 1. The van der Waals surface area contributed by atoms with Gasteiger partial charge in [-0.2, -0.15) is 0 Å². The highest BCUT2D eigenvalue weighted by Gasteiger charge is 2.23. The number of nitrogens with zero attached hydrogens (tertiary/aromatic N) is 1. The van der Waals surface area contributed by atoms with E-state index in [1.54, 1.807) is 6.07 Å². The lowest BCUT2D eigenvalue weighted by atomic mass is 9.89. The topological polar surface area (TPSA) is 52.3 Å². The third-order valence-electron chi connectivity index (χ3n) is 4.96. The van der Waals surface area contributed by atoms with Crippen molar-refractivity contribution >= 4 is 28.5 Å². The first-order chi connectivity index (χ1) is 12.7. The van der Waals surface area contributed by atoms with Crippen molar-refractivity contribution in [1.82, 2.24) is 5.16 Å². The number of carbonyl (C=O) groups is 1. The van der Waals surface area contributed by atoms with Crippen LogP contribution in [-0.4, -0.2) is 11.1 Å². The van der Waals surface area contributed by atoms with Crippen molar-refractivity contribution in [3.05, 3.63) is 58.7 Å². The van der Waals surface area contributed by atoms with Crippen molar-refractivity contribution in [2.75, 3.05) is 0 Å². The second kappa shape index (κ2) is 7.50. The number of carbonyl (C=O) groups excluding carboxylic acids is 1. The minimum atomic E-state index is -0.134. The van der Waals surface area contributed by atoms with Crippen LogP contribution in [-0.2, 0) is 11.2 Å². The molecule has 0 amide bonds. The van der Waals surface area contributed by atoms with E-state index in [2.05, 4.69) is 5.16 Å². The standard InChI is InChI=1S/C21H20ClNO3/c22-16-8-6-14(7-9-16)12-19-18-11-10-17(13-20(18)26-23-19)25-21(24)15-4-2-1-3-5-15/h6-11,13,15H,1-5,12H2. The maximum Gasteiger partial charge on any atom is 0.314 e. The molecule has 1 aromatic heterocycles. The molecule has 3 aromatic rings. The summed E-state index contributed by atoms with van der Waals surface area (Å²) in [4.78, 5) is 12.3. The van der Waals surface area contributed by atoms with E-state index < -0.39 is 0 Å². The molecule has 4 rings (SSSR count). The Morgan fingerprint density at radius 1 is 1.12 bits per heavy atom. The van der Waals surface area contributed by atoms with Crippen molar-refractivity contribution in [2.24, 2.45) is 5.92 Å². The number of ether oxygens (including phenoxy) is 1. The molecular weight excluding hydrogens is 350 g/mol. The lowest BCUT2D eigenvalue weighted by Gasteiger charge is -2.19. The molecule has 1 aliphatic rings. The molecule has 1 saturated carbocycles. The molecule has 0 radical (unpaired) electrons. The minimum Gasteiger partial charge on any atom is -0.426 e. The molecular formula is C21H20ClNO3. The van der Waals surface area contributed by atoms with E-state index >= 15 is 0 Å². The van der Waals surface area contributed by atoms with Crippen LogP contribution in [0.15, 0.2) is 47.0 Å². The maximum atomic E-state index is 12.3. The van der Waals surface area contributed by atoms with Crippen LogP contribution in [0.25, 0.3) is 11.0 Å². The second-order valence-electron chi connectivity index (χ2n) is 6.85. The number of rotatable bonds is 4. The van der Waals surface area contributed by atoms with Gasteiger partial charge in [0, 0.05) is 22.9 Å². The van der Waals surface area contributed by atoms with Gasteiger partial charge in [0.25, 0.3) is 0 Å². The van der Waals surface area contributed by atoms with Gasteiger partial charge in [0.05, 0.1) is 11.6 Å². The number of aromatic nitrogens is 1. The molecule has 0 aliphatic heterocycles. The molecule has 4 nitrogen and oxygen atoms in total. The first-order valence-electron chi connectivity index (χ1n) is 9.03. The maximum absolute atomic E-state index is 12.3. The molecule has 1 aliphatic carbocycles. The summed E-state index contributed by atoms with van der Waals surface area (Å²) in [6, 6.07) is 13.1. The van der Waals surface area contributed by atoms with Gasteiger partial charge in [0.1, 0.15) is 5.75 Å². The van der Waals surface area contributed by atoms with Crippen LogP contribution in [0.3, 0.4) is 0 Å². The molecule has 1 heterocycles. The summed E-state index contributed by atoms with van der Waals surface area (Å²) in [5.41, 5.74) is 2.59. The van der Waals surface area contributed by atoms with E-state index in [1.807, 2.05) is 36.4 Å². The lowest BCUT2D eigenvalue weighted by Crippen LogP contribution is -2.22. The second-order valence-corrected chi connectivity index (χ2v) is 7.28. The molecule has 0 unspecified atom stereocenters. The van der Waals surface area contributed by atoms with Crippen molar-refractivity contribution < 1.29 is 14.1 Å². The Morgan fingerprint density at radius 3 is 2.65 bits per heavy atom. The largest absolute Gasteiger partial charge is 0.426 e. The highest BCUT2D eigenvalue weighted by Crippen LogP contribution is 2.28. The lowest BCUT2D eigenvalue weighted by molar-refractivity contribution is -0.139. The number of halogens is 1. The summed E-state index contributed by atoms with van der Waals surface area (Å²) in [6.45, 7) is 0. The average molecular weight is 370 g/mol. The van der Waals surface area contributed by atoms with Crippen LogP contribution < -0.4 is 4.74 Å². The van der Waals surface area contributed by atoms with E-state index in [0.29, 0.717) is 22.8 Å². The molecule has 26 heavy (non-hydrogen) atoms. The molecule has 0 spiro atoms. The van der Waals surface area contributed by atoms with Crippen molar-refractivity contribution in [3.63, 3.8) is 0 Å². The normalized spacial score (nSPS) is 15.3. The Bertz CT molecular complexity index is 911. The molecule has 0 N–H and O–H groups in total. The molecule has 2 aromatic carbocycles. The fraction of sp³-hybridized carbons (Fsp3) is 0.333. The van der Waals surface area contributed by atoms with Crippen molar-refractivity contribution in [2.45, 2.75) is 38.5 Å². The fourth-order valence-electron chi connectivity index (χ4n) is 3.49. The minimum absolute atomic E-state index is 0.0228. The first kappa shape index (κ1) is 17.1. The van der Waals surface area contributed by atoms with Gasteiger partial charge in [-0.25, -0.2) is 0 Å². The van der Waals surface area contributed by atoms with E-state index in [-0.39, 0.29) is 11.9 Å².